The molecule has 0 radical (unpaired) electrons. The molecule has 0 aliphatic heterocycles. The highest BCUT2D eigenvalue weighted by Crippen LogP contribution is 2.23. The largest absolute Gasteiger partial charge is 0.480 e. The Labute approximate surface area is 160 Å². The van der Waals surface area contributed by atoms with Crippen LogP contribution in [0.3, 0.4) is 0 Å². The SMILES string of the molecule is CCOC(=O)c1ccc(NC(=O)[C@@H](CC)Oc2cccc(C)c2C)c(C)c1. The molecule has 1 atom stereocenters. The van der Waals surface area contributed by atoms with Crippen LogP contribution in [0.2, 0.25) is 0 Å². The first-order chi connectivity index (χ1) is 12.9. The zero-order chi connectivity index (χ0) is 20.0. The average Bonchev–Trinajstić information content (AvgIpc) is 2.64. The molecular formula is C22H27NO4. The molecule has 5 nitrogen and oxygen atoms in total. The number of hydrogen-bond donors (Lipinski definition) is 1. The van der Waals surface area contributed by atoms with Crippen molar-refractivity contribution in [2.45, 2.75) is 47.1 Å². The number of anilines is 1. The Morgan fingerprint density at radius 1 is 1.04 bits per heavy atom. The normalized spacial score (nSPS) is 11.6. The second kappa shape index (κ2) is 9.21. The molecule has 1 amide bonds. The Balaban J connectivity index is 2.12. The molecule has 0 unspecified atom stereocenters. The number of carbonyl (C=O) groups excluding carboxylic acids is 2. The van der Waals surface area contributed by atoms with E-state index < -0.39 is 6.10 Å². The molecule has 0 heterocycles. The fourth-order valence-electron chi connectivity index (χ4n) is 2.69. The molecule has 0 aromatic heterocycles. The Hall–Kier alpha value is -2.82. The van der Waals surface area contributed by atoms with Crippen molar-refractivity contribution < 1.29 is 19.1 Å². The van der Waals surface area contributed by atoms with Crippen molar-refractivity contribution in [2.24, 2.45) is 0 Å². The summed E-state index contributed by atoms with van der Waals surface area (Å²) in [5.74, 6) is 0.125. The third kappa shape index (κ3) is 5.09. The molecule has 1 N–H and O–H groups in total. The van der Waals surface area contributed by atoms with Gasteiger partial charge < -0.3 is 14.8 Å². The Morgan fingerprint density at radius 2 is 1.78 bits per heavy atom. The van der Waals surface area contributed by atoms with Gasteiger partial charge in [0.25, 0.3) is 5.91 Å². The van der Waals surface area contributed by atoms with Crippen LogP contribution in [0.5, 0.6) is 5.75 Å². The summed E-state index contributed by atoms with van der Waals surface area (Å²) in [5.41, 5.74) is 4.05. The molecule has 2 aromatic carbocycles. The van der Waals surface area contributed by atoms with E-state index in [0.29, 0.717) is 30.0 Å². The van der Waals surface area contributed by atoms with E-state index in [9.17, 15) is 9.59 Å². The van der Waals surface area contributed by atoms with Crippen molar-refractivity contribution >= 4 is 17.6 Å². The summed E-state index contributed by atoms with van der Waals surface area (Å²) in [7, 11) is 0. The van der Waals surface area contributed by atoms with E-state index in [1.165, 1.54) is 0 Å². The highest BCUT2D eigenvalue weighted by molar-refractivity contribution is 5.96. The topological polar surface area (TPSA) is 64.6 Å². The summed E-state index contributed by atoms with van der Waals surface area (Å²) in [6, 6.07) is 10.9. The van der Waals surface area contributed by atoms with Crippen LogP contribution >= 0.6 is 0 Å². The zero-order valence-corrected chi connectivity index (χ0v) is 16.6. The second-order valence-corrected chi connectivity index (χ2v) is 6.45. The van der Waals surface area contributed by atoms with Crippen LogP contribution in [-0.2, 0) is 9.53 Å². The van der Waals surface area contributed by atoms with Crippen molar-refractivity contribution in [3.05, 3.63) is 58.7 Å². The molecule has 2 rings (SSSR count). The smallest absolute Gasteiger partial charge is 0.338 e. The third-order valence-corrected chi connectivity index (χ3v) is 4.48. The monoisotopic (exact) mass is 369 g/mol. The van der Waals surface area contributed by atoms with Gasteiger partial charge in [-0.3, -0.25) is 4.79 Å². The maximum atomic E-state index is 12.7. The van der Waals surface area contributed by atoms with Crippen molar-refractivity contribution in [2.75, 3.05) is 11.9 Å². The van der Waals surface area contributed by atoms with Gasteiger partial charge in [0.2, 0.25) is 0 Å². The van der Waals surface area contributed by atoms with Gasteiger partial charge in [-0.1, -0.05) is 19.1 Å². The Bertz CT molecular complexity index is 829. The number of benzene rings is 2. The van der Waals surface area contributed by atoms with Gasteiger partial charge in [0.1, 0.15) is 5.75 Å². The van der Waals surface area contributed by atoms with Gasteiger partial charge in [0.15, 0.2) is 6.10 Å². The van der Waals surface area contributed by atoms with Gasteiger partial charge in [-0.2, -0.15) is 0 Å². The van der Waals surface area contributed by atoms with Gasteiger partial charge in [0, 0.05) is 5.69 Å². The maximum Gasteiger partial charge on any atom is 0.338 e. The predicted molar refractivity (Wildman–Crippen MR) is 106 cm³/mol. The highest BCUT2D eigenvalue weighted by Gasteiger charge is 2.20. The summed E-state index contributed by atoms with van der Waals surface area (Å²) in [4.78, 5) is 24.5. The van der Waals surface area contributed by atoms with Gasteiger partial charge in [-0.25, -0.2) is 4.79 Å². The lowest BCUT2D eigenvalue weighted by atomic mass is 10.1. The van der Waals surface area contributed by atoms with Crippen LogP contribution in [0.25, 0.3) is 0 Å². The summed E-state index contributed by atoms with van der Waals surface area (Å²) in [6.45, 7) is 9.83. The molecule has 0 bridgehead atoms. The first kappa shape index (κ1) is 20.5. The quantitative estimate of drug-likeness (QED) is 0.725. The fourth-order valence-corrected chi connectivity index (χ4v) is 2.69. The third-order valence-electron chi connectivity index (χ3n) is 4.48. The molecule has 0 saturated heterocycles. The lowest BCUT2D eigenvalue weighted by Crippen LogP contribution is -2.32. The number of esters is 1. The fraction of sp³-hybridized carbons (Fsp3) is 0.364. The minimum Gasteiger partial charge on any atom is -0.480 e. The molecular weight excluding hydrogens is 342 g/mol. The van der Waals surface area contributed by atoms with Crippen molar-refractivity contribution in [1.82, 2.24) is 0 Å². The summed E-state index contributed by atoms with van der Waals surface area (Å²) < 4.78 is 11.0. The molecule has 5 heteroatoms. The van der Waals surface area contributed by atoms with Crippen molar-refractivity contribution in [3.63, 3.8) is 0 Å². The average molecular weight is 369 g/mol. The van der Waals surface area contributed by atoms with E-state index in [0.717, 1.165) is 16.7 Å². The number of carbonyl (C=O) groups is 2. The van der Waals surface area contributed by atoms with E-state index in [1.807, 2.05) is 45.9 Å². The molecule has 144 valence electrons. The van der Waals surface area contributed by atoms with Crippen molar-refractivity contribution in [3.8, 4) is 5.75 Å². The number of hydrogen-bond acceptors (Lipinski definition) is 4. The highest BCUT2D eigenvalue weighted by atomic mass is 16.5. The molecule has 0 fully saturated rings. The molecule has 2 aromatic rings. The van der Waals surface area contributed by atoms with Crippen molar-refractivity contribution in [1.29, 1.82) is 0 Å². The first-order valence-corrected chi connectivity index (χ1v) is 9.18. The number of nitrogens with one attached hydrogen (secondary N) is 1. The van der Waals surface area contributed by atoms with Gasteiger partial charge in [0.05, 0.1) is 12.2 Å². The lowest BCUT2D eigenvalue weighted by molar-refractivity contribution is -0.122. The van der Waals surface area contributed by atoms with Crippen LogP contribution < -0.4 is 10.1 Å². The number of amides is 1. The van der Waals surface area contributed by atoms with Crippen LogP contribution in [0.15, 0.2) is 36.4 Å². The van der Waals surface area contributed by atoms with Crippen LogP contribution in [0.4, 0.5) is 5.69 Å². The van der Waals surface area contributed by atoms with E-state index in [1.54, 1.807) is 25.1 Å². The van der Waals surface area contributed by atoms with Crippen LogP contribution in [0, 0.1) is 20.8 Å². The van der Waals surface area contributed by atoms with E-state index in [2.05, 4.69) is 5.32 Å². The van der Waals surface area contributed by atoms with E-state index in [4.69, 9.17) is 9.47 Å². The Morgan fingerprint density at radius 3 is 2.41 bits per heavy atom. The first-order valence-electron chi connectivity index (χ1n) is 9.18. The van der Waals surface area contributed by atoms with Gasteiger partial charge in [-0.15, -0.1) is 0 Å². The molecule has 0 aliphatic carbocycles. The minimum atomic E-state index is -0.602. The zero-order valence-electron chi connectivity index (χ0n) is 16.6. The molecule has 0 aliphatic rings. The van der Waals surface area contributed by atoms with E-state index in [-0.39, 0.29) is 11.9 Å². The number of rotatable bonds is 7. The summed E-state index contributed by atoms with van der Waals surface area (Å²) in [6.07, 6.45) is -0.0613. The van der Waals surface area contributed by atoms with Crippen LogP contribution in [0.1, 0.15) is 47.3 Å². The molecule has 27 heavy (non-hydrogen) atoms. The minimum absolute atomic E-state index is 0.217. The number of ether oxygens (including phenoxy) is 2. The lowest BCUT2D eigenvalue weighted by Gasteiger charge is -2.20. The standard InChI is InChI=1S/C22H27NO4/c1-6-19(27-20-10-8-9-14(3)16(20)5)21(24)23-18-12-11-17(13-15(18)4)22(25)26-7-2/h8-13,19H,6-7H2,1-5H3,(H,23,24)/t19-/m1/s1. The Kier molecular flexibility index (Phi) is 6.99. The van der Waals surface area contributed by atoms with Gasteiger partial charge >= 0.3 is 5.97 Å². The summed E-state index contributed by atoms with van der Waals surface area (Å²) >= 11 is 0. The number of aryl methyl sites for hydroxylation is 2. The molecule has 0 spiro atoms. The summed E-state index contributed by atoms with van der Waals surface area (Å²) in [5, 5.41) is 2.90. The van der Waals surface area contributed by atoms with Crippen LogP contribution in [-0.4, -0.2) is 24.6 Å². The maximum absolute atomic E-state index is 12.7. The molecule has 0 saturated carbocycles. The predicted octanol–water partition coefficient (Wildman–Crippen LogP) is 4.58. The van der Waals surface area contributed by atoms with Gasteiger partial charge in [-0.05, 0) is 75.1 Å². The van der Waals surface area contributed by atoms with E-state index >= 15 is 0 Å². The second-order valence-electron chi connectivity index (χ2n) is 6.45.